The van der Waals surface area contributed by atoms with Gasteiger partial charge in [-0.2, -0.15) is 13.2 Å². The molecule has 1 saturated heterocycles. The van der Waals surface area contributed by atoms with Crippen molar-refractivity contribution in [2.24, 2.45) is 4.99 Å². The Balaban J connectivity index is 1.60. The average Bonchev–Trinajstić information content (AvgIpc) is 3.13. The van der Waals surface area contributed by atoms with Gasteiger partial charge in [-0.1, -0.05) is 62.8 Å². The van der Waals surface area contributed by atoms with Gasteiger partial charge in [0.15, 0.2) is 5.17 Å². The topological polar surface area (TPSA) is 50.7 Å². The zero-order valence-electron chi connectivity index (χ0n) is 18.8. The predicted octanol–water partition coefficient (Wildman–Crippen LogP) is 7.99. The number of aliphatic imine (C=N–C) groups is 1. The van der Waals surface area contributed by atoms with Crippen LogP contribution in [-0.2, 0) is 11.0 Å². The lowest BCUT2D eigenvalue weighted by Crippen LogP contribution is -2.19. The van der Waals surface area contributed by atoms with E-state index in [1.807, 2.05) is 24.3 Å². The number of benzene rings is 2. The molecule has 0 unspecified atom stereocenters. The highest BCUT2D eigenvalue weighted by Gasteiger charge is 2.34. The standard InChI is InChI=1S/C25H26ClF3N2O2S/c1-2-3-4-5-6-7-14-33-19-11-8-17(9-12-19)15-22-23(32)31-24(34-22)30-21-13-10-18(26)16-20(21)25(27,28)29/h8-13,15-16H,2-7,14H2,1H3,(H,30,31,32)/b22-15+. The van der Waals surface area contributed by atoms with Gasteiger partial charge in [0.2, 0.25) is 0 Å². The van der Waals surface area contributed by atoms with Crippen LogP contribution in [0.3, 0.4) is 0 Å². The van der Waals surface area contributed by atoms with Crippen molar-refractivity contribution in [3.05, 3.63) is 63.5 Å². The summed E-state index contributed by atoms with van der Waals surface area (Å²) >= 11 is 6.68. The van der Waals surface area contributed by atoms with Gasteiger partial charge in [0, 0.05) is 5.02 Å². The number of carbonyl (C=O) groups is 1. The fraction of sp³-hybridized carbons (Fsp3) is 0.360. The van der Waals surface area contributed by atoms with E-state index in [2.05, 4.69) is 17.2 Å². The molecule has 182 valence electrons. The number of unbranched alkanes of at least 4 members (excludes halogenated alkanes) is 5. The second-order valence-corrected chi connectivity index (χ2v) is 9.29. The summed E-state index contributed by atoms with van der Waals surface area (Å²) in [5.74, 6) is 0.332. The van der Waals surface area contributed by atoms with Crippen molar-refractivity contribution >= 4 is 46.2 Å². The molecule has 1 aliphatic rings. The molecule has 0 aliphatic carbocycles. The molecule has 0 spiro atoms. The zero-order chi connectivity index (χ0) is 24.6. The Bertz CT molecular complexity index is 1050. The number of hydrogen-bond acceptors (Lipinski definition) is 4. The maximum absolute atomic E-state index is 13.3. The van der Waals surface area contributed by atoms with Crippen LogP contribution in [0.2, 0.25) is 5.02 Å². The molecule has 0 saturated carbocycles. The minimum atomic E-state index is -4.62. The highest BCUT2D eigenvalue weighted by molar-refractivity contribution is 8.18. The van der Waals surface area contributed by atoms with Gasteiger partial charge in [0.05, 0.1) is 22.8 Å². The lowest BCUT2D eigenvalue weighted by molar-refractivity contribution is -0.137. The van der Waals surface area contributed by atoms with Crippen LogP contribution < -0.4 is 10.1 Å². The van der Waals surface area contributed by atoms with E-state index in [0.717, 1.165) is 42.0 Å². The van der Waals surface area contributed by atoms with E-state index in [1.54, 1.807) is 6.08 Å². The summed E-state index contributed by atoms with van der Waals surface area (Å²) in [4.78, 5) is 16.6. The van der Waals surface area contributed by atoms with Crippen LogP contribution in [0.25, 0.3) is 6.08 Å². The summed E-state index contributed by atoms with van der Waals surface area (Å²) in [5.41, 5.74) is -0.502. The smallest absolute Gasteiger partial charge is 0.418 e. The van der Waals surface area contributed by atoms with Crippen LogP contribution in [0.15, 0.2) is 52.4 Å². The third kappa shape index (κ3) is 7.81. The summed E-state index contributed by atoms with van der Waals surface area (Å²) in [6.07, 6.45) is 4.21. The molecule has 0 radical (unpaired) electrons. The monoisotopic (exact) mass is 510 g/mol. The van der Waals surface area contributed by atoms with Gasteiger partial charge >= 0.3 is 6.18 Å². The van der Waals surface area contributed by atoms with E-state index in [0.29, 0.717) is 11.5 Å². The molecule has 1 aliphatic heterocycles. The highest BCUT2D eigenvalue weighted by atomic mass is 35.5. The molecule has 1 fully saturated rings. The molecule has 9 heteroatoms. The number of thioether (sulfide) groups is 1. The van der Waals surface area contributed by atoms with Crippen molar-refractivity contribution < 1.29 is 22.7 Å². The lowest BCUT2D eigenvalue weighted by atomic mass is 10.1. The Labute approximate surface area is 206 Å². The number of halogens is 4. The number of alkyl halides is 3. The van der Waals surface area contributed by atoms with E-state index in [9.17, 15) is 18.0 Å². The second kappa shape index (κ2) is 12.3. The van der Waals surface area contributed by atoms with Crippen molar-refractivity contribution in [1.29, 1.82) is 0 Å². The molecular weight excluding hydrogens is 485 g/mol. The quantitative estimate of drug-likeness (QED) is 0.260. The van der Waals surface area contributed by atoms with Crippen LogP contribution >= 0.6 is 23.4 Å². The van der Waals surface area contributed by atoms with Crippen molar-refractivity contribution in [2.75, 3.05) is 6.61 Å². The first-order valence-electron chi connectivity index (χ1n) is 11.2. The van der Waals surface area contributed by atoms with Gasteiger partial charge in [-0.25, -0.2) is 4.99 Å². The molecule has 1 heterocycles. The number of hydrogen-bond donors (Lipinski definition) is 1. The largest absolute Gasteiger partial charge is 0.494 e. The molecule has 1 amide bonds. The zero-order valence-corrected chi connectivity index (χ0v) is 20.3. The molecule has 1 N–H and O–H groups in total. The van der Waals surface area contributed by atoms with E-state index < -0.39 is 17.6 Å². The molecule has 0 bridgehead atoms. The Morgan fingerprint density at radius 2 is 1.76 bits per heavy atom. The first-order chi connectivity index (χ1) is 16.3. The van der Waals surface area contributed by atoms with Crippen LogP contribution in [0, 0.1) is 0 Å². The lowest BCUT2D eigenvalue weighted by Gasteiger charge is -2.10. The van der Waals surface area contributed by atoms with Crippen LogP contribution in [0.1, 0.15) is 56.6 Å². The molecule has 2 aromatic rings. The number of nitrogens with one attached hydrogen (secondary N) is 1. The van der Waals surface area contributed by atoms with E-state index in [4.69, 9.17) is 16.3 Å². The number of nitrogens with zero attached hydrogens (tertiary/aromatic N) is 1. The number of ether oxygens (including phenoxy) is 1. The first kappa shape index (κ1) is 26.2. The van der Waals surface area contributed by atoms with Gasteiger partial charge in [0.1, 0.15) is 5.75 Å². The number of carbonyl (C=O) groups excluding carboxylic acids is 1. The number of amidine groups is 1. The Morgan fingerprint density at radius 1 is 1.06 bits per heavy atom. The SMILES string of the molecule is CCCCCCCCOc1ccc(/C=C2/SC(=Nc3ccc(Cl)cc3C(F)(F)F)NC2=O)cc1. The molecule has 4 nitrogen and oxygen atoms in total. The minimum Gasteiger partial charge on any atom is -0.494 e. The van der Waals surface area contributed by atoms with Crippen molar-refractivity contribution in [1.82, 2.24) is 5.32 Å². The molecule has 3 rings (SSSR count). The predicted molar refractivity (Wildman–Crippen MR) is 133 cm³/mol. The third-order valence-electron chi connectivity index (χ3n) is 5.08. The van der Waals surface area contributed by atoms with Crippen LogP contribution in [0.5, 0.6) is 5.75 Å². The molecule has 2 aromatic carbocycles. The van der Waals surface area contributed by atoms with Crippen molar-refractivity contribution in [2.45, 2.75) is 51.6 Å². The van der Waals surface area contributed by atoms with Gasteiger partial charge in [-0.15, -0.1) is 0 Å². The van der Waals surface area contributed by atoms with Crippen LogP contribution in [-0.4, -0.2) is 17.7 Å². The number of rotatable bonds is 10. The maximum atomic E-state index is 13.3. The molecule has 34 heavy (non-hydrogen) atoms. The van der Waals surface area contributed by atoms with E-state index >= 15 is 0 Å². The Kier molecular flexibility index (Phi) is 9.47. The minimum absolute atomic E-state index is 0.0422. The first-order valence-corrected chi connectivity index (χ1v) is 12.3. The molecule has 0 atom stereocenters. The van der Waals surface area contributed by atoms with Gasteiger partial charge in [-0.05, 0) is 60.2 Å². The summed E-state index contributed by atoms with van der Waals surface area (Å²) in [7, 11) is 0. The fourth-order valence-electron chi connectivity index (χ4n) is 3.31. The maximum Gasteiger partial charge on any atom is 0.418 e. The summed E-state index contributed by atoms with van der Waals surface area (Å²) in [5, 5.41) is 2.54. The molecular formula is C25H26ClF3N2O2S. The summed E-state index contributed by atoms with van der Waals surface area (Å²) in [6.45, 7) is 2.86. The fourth-order valence-corrected chi connectivity index (χ4v) is 4.31. The molecule has 0 aromatic heterocycles. The summed E-state index contributed by atoms with van der Waals surface area (Å²) < 4.78 is 45.6. The van der Waals surface area contributed by atoms with Gasteiger partial charge in [0.25, 0.3) is 5.91 Å². The normalized spacial score (nSPS) is 16.3. The van der Waals surface area contributed by atoms with E-state index in [-0.39, 0.29) is 15.9 Å². The highest BCUT2D eigenvalue weighted by Crippen LogP contribution is 2.39. The number of amides is 1. The van der Waals surface area contributed by atoms with Gasteiger partial charge in [-0.3, -0.25) is 4.79 Å². The van der Waals surface area contributed by atoms with E-state index in [1.165, 1.54) is 37.8 Å². The Morgan fingerprint density at radius 3 is 2.47 bits per heavy atom. The summed E-state index contributed by atoms with van der Waals surface area (Å²) in [6, 6.07) is 10.6. The average molecular weight is 511 g/mol. The van der Waals surface area contributed by atoms with Crippen molar-refractivity contribution in [3.63, 3.8) is 0 Å². The van der Waals surface area contributed by atoms with Gasteiger partial charge < -0.3 is 10.1 Å². The Hall–Kier alpha value is -2.45. The third-order valence-corrected chi connectivity index (χ3v) is 6.23. The second-order valence-electron chi connectivity index (χ2n) is 7.83. The van der Waals surface area contributed by atoms with Crippen LogP contribution in [0.4, 0.5) is 18.9 Å². The van der Waals surface area contributed by atoms with Crippen molar-refractivity contribution in [3.8, 4) is 5.75 Å².